The van der Waals surface area contributed by atoms with Crippen LogP contribution in [0.1, 0.15) is 30.1 Å². The summed E-state index contributed by atoms with van der Waals surface area (Å²) < 4.78 is 24.5. The van der Waals surface area contributed by atoms with Crippen LogP contribution in [0, 0.1) is 0 Å². The lowest BCUT2D eigenvalue weighted by Crippen LogP contribution is -2.38. The summed E-state index contributed by atoms with van der Waals surface area (Å²) in [6, 6.07) is 12.5. The van der Waals surface area contributed by atoms with Crippen molar-refractivity contribution in [2.24, 2.45) is 0 Å². The Morgan fingerprint density at radius 1 is 1.08 bits per heavy atom. The highest BCUT2D eigenvalue weighted by Gasteiger charge is 2.25. The van der Waals surface area contributed by atoms with E-state index in [0.717, 1.165) is 12.8 Å². The molecule has 4 nitrogen and oxygen atoms in total. The fourth-order valence-corrected chi connectivity index (χ4v) is 5.21. The molecule has 2 heterocycles. The monoisotopic (exact) mass is 363 g/mol. The Balaban J connectivity index is 1.51. The molecular weight excluding hydrogens is 342 g/mol. The number of hydrogen-bond donors (Lipinski definition) is 0. The molecule has 2 aromatic rings. The number of carbonyl (C=O) groups excluding carboxylic acids is 1. The number of carbonyl (C=O) groups is 1. The third-order valence-electron chi connectivity index (χ3n) is 4.48. The van der Waals surface area contributed by atoms with Gasteiger partial charge in [-0.3, -0.25) is 4.79 Å². The zero-order chi connectivity index (χ0) is 17.0. The van der Waals surface area contributed by atoms with E-state index in [-0.39, 0.29) is 23.0 Å². The van der Waals surface area contributed by atoms with Crippen molar-refractivity contribution in [3.8, 4) is 0 Å². The van der Waals surface area contributed by atoms with E-state index < -0.39 is 9.84 Å². The van der Waals surface area contributed by atoms with Gasteiger partial charge in [0.05, 0.1) is 10.6 Å². The van der Waals surface area contributed by atoms with Gasteiger partial charge in [0.25, 0.3) is 0 Å². The molecule has 0 bridgehead atoms. The number of hydrogen-bond acceptors (Lipinski definition) is 4. The Labute approximate surface area is 147 Å². The van der Waals surface area contributed by atoms with Crippen molar-refractivity contribution in [2.75, 3.05) is 18.8 Å². The molecule has 0 spiro atoms. The predicted molar refractivity (Wildman–Crippen MR) is 96.0 cm³/mol. The van der Waals surface area contributed by atoms with Crippen molar-refractivity contribution in [2.45, 2.75) is 30.1 Å². The standard InChI is InChI=1S/C18H21NO3S2/c20-18(10-14-24(21,22)16-5-2-1-3-6-16)19-11-8-15(9-12-19)17-7-4-13-23-17/h1-7,13,15H,8-12,14H2. The van der Waals surface area contributed by atoms with Crippen molar-refractivity contribution in [3.63, 3.8) is 0 Å². The highest BCUT2D eigenvalue weighted by atomic mass is 32.2. The Kier molecular flexibility index (Phi) is 5.36. The number of likely N-dealkylation sites (tertiary alicyclic amines) is 1. The SMILES string of the molecule is O=C(CCS(=O)(=O)c1ccccc1)N1CCC(c2cccs2)CC1. The number of benzene rings is 1. The molecule has 1 aliphatic rings. The molecular formula is C18H21NO3S2. The van der Waals surface area contributed by atoms with Gasteiger partial charge >= 0.3 is 0 Å². The Morgan fingerprint density at radius 3 is 2.42 bits per heavy atom. The molecule has 0 unspecified atom stereocenters. The van der Waals surface area contributed by atoms with E-state index in [1.165, 1.54) is 4.88 Å². The van der Waals surface area contributed by atoms with Gasteiger partial charge < -0.3 is 4.90 Å². The van der Waals surface area contributed by atoms with E-state index in [2.05, 4.69) is 17.5 Å². The first kappa shape index (κ1) is 17.2. The predicted octanol–water partition coefficient (Wildman–Crippen LogP) is 3.32. The van der Waals surface area contributed by atoms with Crippen molar-refractivity contribution < 1.29 is 13.2 Å². The lowest BCUT2D eigenvalue weighted by atomic mass is 9.95. The van der Waals surface area contributed by atoms with Gasteiger partial charge in [-0.1, -0.05) is 24.3 Å². The molecule has 1 aliphatic heterocycles. The van der Waals surface area contributed by atoms with E-state index in [1.54, 1.807) is 41.7 Å². The van der Waals surface area contributed by atoms with Gasteiger partial charge in [0.1, 0.15) is 0 Å². The summed E-state index contributed by atoms with van der Waals surface area (Å²) in [6.07, 6.45) is 1.97. The summed E-state index contributed by atoms with van der Waals surface area (Å²) in [6.45, 7) is 1.43. The number of amides is 1. The van der Waals surface area contributed by atoms with E-state index in [9.17, 15) is 13.2 Å². The minimum atomic E-state index is -3.39. The highest BCUT2D eigenvalue weighted by Crippen LogP contribution is 2.31. The van der Waals surface area contributed by atoms with Crippen molar-refractivity contribution in [1.82, 2.24) is 4.90 Å². The first-order valence-corrected chi connectivity index (χ1v) is 10.7. The Hall–Kier alpha value is -1.66. The van der Waals surface area contributed by atoms with Crippen LogP contribution in [0.5, 0.6) is 0 Å². The zero-order valence-electron chi connectivity index (χ0n) is 13.4. The van der Waals surface area contributed by atoms with Gasteiger partial charge in [0.15, 0.2) is 9.84 Å². The molecule has 1 saturated heterocycles. The number of rotatable bonds is 5. The molecule has 0 aliphatic carbocycles. The molecule has 1 aromatic heterocycles. The number of piperidine rings is 1. The molecule has 0 N–H and O–H groups in total. The third-order valence-corrected chi connectivity index (χ3v) is 7.25. The van der Waals surface area contributed by atoms with E-state index in [0.29, 0.717) is 19.0 Å². The zero-order valence-corrected chi connectivity index (χ0v) is 15.1. The van der Waals surface area contributed by atoms with Crippen molar-refractivity contribution in [1.29, 1.82) is 0 Å². The van der Waals surface area contributed by atoms with Gasteiger partial charge in [-0.25, -0.2) is 8.42 Å². The Morgan fingerprint density at radius 2 is 1.79 bits per heavy atom. The largest absolute Gasteiger partial charge is 0.343 e. The summed E-state index contributed by atoms with van der Waals surface area (Å²) in [5.41, 5.74) is 0. The first-order valence-electron chi connectivity index (χ1n) is 8.15. The fourth-order valence-electron chi connectivity index (χ4n) is 3.06. The van der Waals surface area contributed by atoms with E-state index in [1.807, 2.05) is 4.90 Å². The van der Waals surface area contributed by atoms with Gasteiger partial charge in [-0.2, -0.15) is 0 Å². The van der Waals surface area contributed by atoms with Gasteiger partial charge in [0, 0.05) is 24.4 Å². The minimum absolute atomic E-state index is 0.0564. The maximum absolute atomic E-state index is 12.3. The van der Waals surface area contributed by atoms with Gasteiger partial charge in [-0.15, -0.1) is 11.3 Å². The lowest BCUT2D eigenvalue weighted by Gasteiger charge is -2.31. The van der Waals surface area contributed by atoms with Crippen LogP contribution < -0.4 is 0 Å². The van der Waals surface area contributed by atoms with Crippen LogP contribution in [-0.2, 0) is 14.6 Å². The summed E-state index contributed by atoms with van der Waals surface area (Å²) in [4.78, 5) is 15.8. The molecule has 1 fully saturated rings. The molecule has 128 valence electrons. The van der Waals surface area contributed by atoms with Gasteiger partial charge in [-0.05, 0) is 42.3 Å². The summed E-state index contributed by atoms with van der Waals surface area (Å²) >= 11 is 1.77. The normalized spacial score (nSPS) is 16.2. The number of thiophene rings is 1. The summed E-state index contributed by atoms with van der Waals surface area (Å²) in [5.74, 6) is 0.349. The first-order chi connectivity index (χ1) is 11.6. The highest BCUT2D eigenvalue weighted by molar-refractivity contribution is 7.91. The van der Waals surface area contributed by atoms with Crippen molar-refractivity contribution in [3.05, 3.63) is 52.7 Å². The topological polar surface area (TPSA) is 54.5 Å². The van der Waals surface area contributed by atoms with Crippen LogP contribution in [0.4, 0.5) is 0 Å². The minimum Gasteiger partial charge on any atom is -0.343 e. The molecule has 24 heavy (non-hydrogen) atoms. The van der Waals surface area contributed by atoms with Crippen LogP contribution in [-0.4, -0.2) is 38.1 Å². The van der Waals surface area contributed by atoms with Crippen molar-refractivity contribution >= 4 is 27.1 Å². The van der Waals surface area contributed by atoms with Gasteiger partial charge in [0.2, 0.25) is 5.91 Å². The van der Waals surface area contributed by atoms with Crippen LogP contribution in [0.3, 0.4) is 0 Å². The average Bonchev–Trinajstić information content (AvgIpc) is 3.15. The number of nitrogens with zero attached hydrogens (tertiary/aromatic N) is 1. The quantitative estimate of drug-likeness (QED) is 0.819. The summed E-state index contributed by atoms with van der Waals surface area (Å²) in [5, 5.41) is 2.08. The maximum atomic E-state index is 12.3. The second kappa shape index (κ2) is 7.49. The summed E-state index contributed by atoms with van der Waals surface area (Å²) in [7, 11) is -3.39. The fraction of sp³-hybridized carbons (Fsp3) is 0.389. The van der Waals surface area contributed by atoms with Crippen LogP contribution in [0.15, 0.2) is 52.7 Å². The lowest BCUT2D eigenvalue weighted by molar-refractivity contribution is -0.131. The average molecular weight is 364 g/mol. The van der Waals surface area contributed by atoms with Crippen LogP contribution in [0.2, 0.25) is 0 Å². The second-order valence-corrected chi connectivity index (χ2v) is 9.14. The van der Waals surface area contributed by atoms with Crippen LogP contribution >= 0.6 is 11.3 Å². The molecule has 6 heteroatoms. The Bertz CT molecular complexity index is 762. The molecule has 0 atom stereocenters. The molecule has 1 amide bonds. The molecule has 0 radical (unpaired) electrons. The molecule has 3 rings (SSSR count). The molecule has 0 saturated carbocycles. The van der Waals surface area contributed by atoms with E-state index in [4.69, 9.17) is 0 Å². The second-order valence-electron chi connectivity index (χ2n) is 6.05. The molecule has 1 aromatic carbocycles. The van der Waals surface area contributed by atoms with Crippen LogP contribution in [0.25, 0.3) is 0 Å². The third kappa shape index (κ3) is 4.05. The van der Waals surface area contributed by atoms with E-state index >= 15 is 0 Å². The maximum Gasteiger partial charge on any atom is 0.223 e. The smallest absolute Gasteiger partial charge is 0.223 e. The number of sulfone groups is 1.